The summed E-state index contributed by atoms with van der Waals surface area (Å²) < 4.78 is 134. The van der Waals surface area contributed by atoms with E-state index in [1.54, 1.807) is 12.1 Å². The van der Waals surface area contributed by atoms with E-state index in [0.29, 0.717) is 5.56 Å². The van der Waals surface area contributed by atoms with Crippen LogP contribution in [0, 0.1) is 6.92 Å². The molecule has 0 atom stereocenters. The summed E-state index contributed by atoms with van der Waals surface area (Å²) in [7, 11) is -13.6. The average Bonchev–Trinajstić information content (AvgIpc) is 3.55. The minimum absolute atomic E-state index is 0.0172. The average molecular weight is 822 g/mol. The van der Waals surface area contributed by atoms with Gasteiger partial charge in [-0.3, -0.25) is 0 Å². The molecule has 5 aromatic rings. The maximum Gasteiger partial charge on any atom is 0.306 e. The van der Waals surface area contributed by atoms with Crippen molar-refractivity contribution in [2.45, 2.75) is 18.4 Å². The summed E-state index contributed by atoms with van der Waals surface area (Å²) in [6.07, 6.45) is 3.88. The van der Waals surface area contributed by atoms with E-state index in [1.807, 2.05) is 6.92 Å². The van der Waals surface area contributed by atoms with Crippen LogP contribution in [0.3, 0.4) is 0 Å². The smallest absolute Gasteiger partial charge is 0.306 e. The van der Waals surface area contributed by atoms with Gasteiger partial charge in [0, 0.05) is 11.8 Å². The molecule has 0 saturated heterocycles. The summed E-state index contributed by atoms with van der Waals surface area (Å²) in [6.45, 7) is 1.50. The van der Waals surface area contributed by atoms with Crippen molar-refractivity contribution in [1.82, 2.24) is 3.97 Å². The molecule has 5 rings (SSSR count). The number of aromatic nitrogens is 1. The fourth-order valence-corrected chi connectivity index (χ4v) is 8.04. The first-order chi connectivity index (χ1) is 25.2. The zero-order valence-corrected chi connectivity index (χ0v) is 32.9. The van der Waals surface area contributed by atoms with Gasteiger partial charge in [0.25, 0.3) is 10.0 Å². The molecule has 0 radical (unpaired) electrons. The first-order valence-electron chi connectivity index (χ1n) is 15.5. The molecule has 0 unspecified atom stereocenters. The van der Waals surface area contributed by atoms with Gasteiger partial charge in [0.15, 0.2) is 23.0 Å². The third-order valence-corrected chi connectivity index (χ3v) is 10.7. The van der Waals surface area contributed by atoms with Gasteiger partial charge in [0.1, 0.15) is 18.1 Å². The molecule has 0 aliphatic heterocycles. The van der Waals surface area contributed by atoms with Crippen molar-refractivity contribution in [3.8, 4) is 56.8 Å². The summed E-state index contributed by atoms with van der Waals surface area (Å²) in [5.41, 5.74) is 1.95. The van der Waals surface area contributed by atoms with E-state index < -0.39 is 40.4 Å². The van der Waals surface area contributed by atoms with E-state index in [0.717, 1.165) is 28.3 Å². The van der Waals surface area contributed by atoms with Gasteiger partial charge in [-0.2, -0.15) is 25.3 Å². The van der Waals surface area contributed by atoms with Gasteiger partial charge in [-0.15, -0.1) is 0 Å². The van der Waals surface area contributed by atoms with Crippen molar-refractivity contribution < 1.29 is 60.4 Å². The highest BCUT2D eigenvalue weighted by atomic mass is 32.2. The molecular weight excluding hydrogens is 787 g/mol. The second kappa shape index (κ2) is 15.2. The molecule has 1 aromatic heterocycles. The summed E-state index contributed by atoms with van der Waals surface area (Å²) in [4.78, 5) is 0.0523. The van der Waals surface area contributed by atoms with E-state index in [1.165, 1.54) is 93.2 Å². The molecule has 19 heteroatoms. The molecule has 0 bridgehead atoms. The molecular formula is C35H35NO14S4. The standard InChI is InChI=1S/C35H35NO14S4/c1-23-9-16-28(17-10-23)54(43,44)36-19-7-8-26(36)22-47-30-18-13-25(20-31(30)49-52(5,39)40)33-32(45-2)21-29(34(46-3)35(33)50-53(6,41)42)24-11-14-27(15-12-24)48-51(4,37)38/h7-21H,22H2,1-6H3. The Kier molecular flexibility index (Phi) is 11.3. The van der Waals surface area contributed by atoms with Crippen LogP contribution in [0.25, 0.3) is 22.3 Å². The molecule has 0 fully saturated rings. The van der Waals surface area contributed by atoms with Gasteiger partial charge in [0.05, 0.1) is 49.1 Å². The van der Waals surface area contributed by atoms with Crippen LogP contribution in [0.4, 0.5) is 0 Å². The Hall–Kier alpha value is -5.24. The summed E-state index contributed by atoms with van der Waals surface area (Å²) in [5.74, 6) is -0.754. The van der Waals surface area contributed by atoms with Gasteiger partial charge in [-0.05, 0) is 72.6 Å². The zero-order chi connectivity index (χ0) is 39.6. The van der Waals surface area contributed by atoms with Crippen LogP contribution in [-0.2, 0) is 47.0 Å². The molecule has 4 aromatic carbocycles. The van der Waals surface area contributed by atoms with Crippen LogP contribution in [0.2, 0.25) is 0 Å². The molecule has 288 valence electrons. The summed E-state index contributed by atoms with van der Waals surface area (Å²) in [6, 6.07) is 20.7. The first kappa shape index (κ1) is 40.0. The summed E-state index contributed by atoms with van der Waals surface area (Å²) >= 11 is 0. The third-order valence-electron chi connectivity index (χ3n) is 7.49. The Morgan fingerprint density at radius 2 is 1.20 bits per heavy atom. The van der Waals surface area contributed by atoms with Gasteiger partial charge in [0.2, 0.25) is 0 Å². The number of benzene rings is 4. The quantitative estimate of drug-likeness (QED) is 0.128. The monoisotopic (exact) mass is 821 g/mol. The number of aryl methyl sites for hydroxylation is 1. The Labute approximate surface area is 314 Å². The maximum absolute atomic E-state index is 13.4. The minimum atomic E-state index is -4.24. The highest BCUT2D eigenvalue weighted by molar-refractivity contribution is 7.90. The molecule has 0 N–H and O–H groups in total. The van der Waals surface area contributed by atoms with E-state index in [-0.39, 0.29) is 68.4 Å². The van der Waals surface area contributed by atoms with Crippen LogP contribution in [0.1, 0.15) is 11.3 Å². The topological polar surface area (TPSA) is 197 Å². The Morgan fingerprint density at radius 1 is 0.593 bits per heavy atom. The number of hydrogen-bond donors (Lipinski definition) is 0. The maximum atomic E-state index is 13.4. The molecule has 1 heterocycles. The van der Waals surface area contributed by atoms with Crippen molar-refractivity contribution in [2.24, 2.45) is 0 Å². The largest absolute Gasteiger partial charge is 0.496 e. The second-order valence-electron chi connectivity index (χ2n) is 11.8. The van der Waals surface area contributed by atoms with Gasteiger partial charge in [-0.1, -0.05) is 35.9 Å². The van der Waals surface area contributed by atoms with Gasteiger partial charge in [-0.25, -0.2) is 12.4 Å². The molecule has 54 heavy (non-hydrogen) atoms. The summed E-state index contributed by atoms with van der Waals surface area (Å²) in [5, 5.41) is 0. The fraction of sp³-hybridized carbons (Fsp3) is 0.200. The molecule has 0 saturated carbocycles. The Morgan fingerprint density at radius 3 is 1.78 bits per heavy atom. The fourth-order valence-electron chi connectivity index (χ4n) is 5.30. The second-order valence-corrected chi connectivity index (χ2v) is 18.4. The number of nitrogens with zero attached hydrogens (tertiary/aromatic N) is 1. The van der Waals surface area contributed by atoms with Crippen molar-refractivity contribution in [3.63, 3.8) is 0 Å². The SMILES string of the molecule is COc1cc(-c2ccc(OS(C)(=O)=O)cc2)c(OC)c(OS(C)(=O)=O)c1-c1ccc(OCc2cccn2S(=O)(=O)c2ccc(C)cc2)c(OS(C)(=O)=O)c1. The van der Waals surface area contributed by atoms with E-state index in [2.05, 4.69) is 0 Å². The van der Waals surface area contributed by atoms with Gasteiger partial charge >= 0.3 is 30.4 Å². The number of hydrogen-bond acceptors (Lipinski definition) is 14. The lowest BCUT2D eigenvalue weighted by molar-refractivity contribution is 0.291. The lowest BCUT2D eigenvalue weighted by Crippen LogP contribution is -2.16. The highest BCUT2D eigenvalue weighted by Crippen LogP contribution is 2.52. The number of rotatable bonds is 15. The first-order valence-corrected chi connectivity index (χ1v) is 22.4. The van der Waals surface area contributed by atoms with Crippen molar-refractivity contribution in [1.29, 1.82) is 0 Å². The van der Waals surface area contributed by atoms with Crippen molar-refractivity contribution in [2.75, 3.05) is 33.0 Å². The molecule has 0 aliphatic carbocycles. The van der Waals surface area contributed by atoms with E-state index in [9.17, 15) is 33.7 Å². The van der Waals surface area contributed by atoms with E-state index in [4.69, 9.17) is 26.8 Å². The van der Waals surface area contributed by atoms with Crippen LogP contribution in [-0.4, -0.2) is 70.6 Å². The lowest BCUT2D eigenvalue weighted by Gasteiger charge is -2.21. The zero-order valence-electron chi connectivity index (χ0n) is 29.7. The van der Waals surface area contributed by atoms with E-state index >= 15 is 0 Å². The lowest BCUT2D eigenvalue weighted by atomic mass is 9.96. The third kappa shape index (κ3) is 9.46. The van der Waals surface area contributed by atoms with Crippen LogP contribution in [0.5, 0.6) is 34.5 Å². The molecule has 15 nitrogen and oxygen atoms in total. The van der Waals surface area contributed by atoms with Gasteiger partial charge < -0.3 is 26.8 Å². The molecule has 0 amide bonds. The van der Waals surface area contributed by atoms with Crippen LogP contribution < -0.4 is 26.8 Å². The predicted octanol–water partition coefficient (Wildman–Crippen LogP) is 4.98. The Bertz CT molecular complexity index is 2630. The highest BCUT2D eigenvalue weighted by Gasteiger charge is 2.28. The molecule has 0 spiro atoms. The normalized spacial score (nSPS) is 12.2. The minimum Gasteiger partial charge on any atom is -0.496 e. The van der Waals surface area contributed by atoms with Crippen molar-refractivity contribution >= 4 is 40.4 Å². The number of methoxy groups -OCH3 is 2. The predicted molar refractivity (Wildman–Crippen MR) is 199 cm³/mol. The Balaban J connectivity index is 1.61. The van der Waals surface area contributed by atoms with Crippen LogP contribution >= 0.6 is 0 Å². The molecule has 0 aliphatic rings. The van der Waals surface area contributed by atoms with Crippen molar-refractivity contribution in [3.05, 3.63) is 102 Å². The van der Waals surface area contributed by atoms with Crippen LogP contribution in [0.15, 0.2) is 96.0 Å². The number of ether oxygens (including phenoxy) is 3.